The van der Waals surface area contributed by atoms with E-state index in [1.807, 2.05) is 0 Å². The molecule has 0 saturated heterocycles. The topological polar surface area (TPSA) is 18.5 Å². The summed E-state index contributed by atoms with van der Waals surface area (Å²) in [4.78, 5) is 0. The van der Waals surface area contributed by atoms with Crippen molar-refractivity contribution in [2.45, 2.75) is 96.4 Å². The number of hydrogen-bond acceptors (Lipinski definition) is 2. The standard InChI is InChI=1S/C29H44O2Si/c1-9-10-11-20-18-21-19-22(30-6)12-13-23(21)24-16-17-29(5)25(27(20)24)14-15-26(29)31-32(7,8)28(2,3)4/h9,12-14,19-20,24,26-27H,1,10-11,15-18H2,2-8H3/t20-,24-,26+,27-,29+/m1/s1. The highest BCUT2D eigenvalue weighted by Crippen LogP contribution is 2.61. The zero-order valence-corrected chi connectivity index (χ0v) is 22.5. The fourth-order valence-electron chi connectivity index (χ4n) is 6.50. The average Bonchev–Trinajstić information content (AvgIpc) is 3.06. The lowest BCUT2D eigenvalue weighted by molar-refractivity contribution is 0.0466. The maximum absolute atomic E-state index is 7.09. The smallest absolute Gasteiger partial charge is 0.192 e. The van der Waals surface area contributed by atoms with Crippen LogP contribution < -0.4 is 4.74 Å². The highest BCUT2D eigenvalue weighted by atomic mass is 28.4. The summed E-state index contributed by atoms with van der Waals surface area (Å²) < 4.78 is 12.7. The van der Waals surface area contributed by atoms with Crippen LogP contribution in [0.15, 0.2) is 42.5 Å². The number of hydrogen-bond donors (Lipinski definition) is 0. The summed E-state index contributed by atoms with van der Waals surface area (Å²) in [5.74, 6) is 2.94. The molecule has 0 amide bonds. The second kappa shape index (κ2) is 8.47. The summed E-state index contributed by atoms with van der Waals surface area (Å²) in [5, 5.41) is 0.249. The van der Waals surface area contributed by atoms with Crippen molar-refractivity contribution in [3.63, 3.8) is 0 Å². The second-order valence-electron chi connectivity index (χ2n) is 12.2. The van der Waals surface area contributed by atoms with E-state index in [1.54, 1.807) is 18.2 Å². The maximum Gasteiger partial charge on any atom is 0.192 e. The van der Waals surface area contributed by atoms with Crippen molar-refractivity contribution in [3.8, 4) is 5.75 Å². The first-order valence-corrected chi connectivity index (χ1v) is 15.6. The minimum atomic E-state index is -1.80. The molecule has 3 heteroatoms. The highest BCUT2D eigenvalue weighted by molar-refractivity contribution is 6.74. The van der Waals surface area contributed by atoms with Crippen LogP contribution in [-0.2, 0) is 10.8 Å². The third-order valence-electron chi connectivity index (χ3n) is 9.41. The fourth-order valence-corrected chi connectivity index (χ4v) is 7.92. The minimum absolute atomic E-state index is 0.188. The monoisotopic (exact) mass is 452 g/mol. The molecule has 4 rings (SSSR count). The predicted molar refractivity (Wildman–Crippen MR) is 138 cm³/mol. The van der Waals surface area contributed by atoms with E-state index >= 15 is 0 Å². The lowest BCUT2D eigenvalue weighted by Crippen LogP contribution is -2.50. The molecule has 0 heterocycles. The number of methoxy groups -OCH3 is 1. The Morgan fingerprint density at radius 2 is 2.00 bits per heavy atom. The van der Waals surface area contributed by atoms with Crippen molar-refractivity contribution in [1.82, 2.24) is 0 Å². The summed E-state index contributed by atoms with van der Waals surface area (Å²) in [6.07, 6.45) is 12.1. The molecular weight excluding hydrogens is 408 g/mol. The Labute approximate surface area is 197 Å². The third-order valence-corrected chi connectivity index (χ3v) is 13.9. The van der Waals surface area contributed by atoms with Gasteiger partial charge in [-0.05, 0) is 97.7 Å². The van der Waals surface area contributed by atoms with Gasteiger partial charge in [0, 0.05) is 5.41 Å². The summed E-state index contributed by atoms with van der Waals surface area (Å²) in [5.41, 5.74) is 4.99. The molecule has 2 nitrogen and oxygen atoms in total. The van der Waals surface area contributed by atoms with E-state index < -0.39 is 8.32 Å². The van der Waals surface area contributed by atoms with Gasteiger partial charge in [-0.25, -0.2) is 0 Å². The van der Waals surface area contributed by atoms with Crippen LogP contribution in [0, 0.1) is 17.3 Å². The van der Waals surface area contributed by atoms with Crippen LogP contribution in [0.3, 0.4) is 0 Å². The number of allylic oxidation sites excluding steroid dienone is 1. The van der Waals surface area contributed by atoms with Crippen LogP contribution in [0.2, 0.25) is 18.1 Å². The van der Waals surface area contributed by atoms with Crippen molar-refractivity contribution in [1.29, 1.82) is 0 Å². The van der Waals surface area contributed by atoms with Crippen molar-refractivity contribution < 1.29 is 9.16 Å². The summed E-state index contributed by atoms with van der Waals surface area (Å²) in [6.45, 7) is 18.5. The molecule has 176 valence electrons. The minimum Gasteiger partial charge on any atom is -0.497 e. The van der Waals surface area contributed by atoms with E-state index in [1.165, 1.54) is 24.8 Å². The van der Waals surface area contributed by atoms with Crippen LogP contribution in [0.5, 0.6) is 5.75 Å². The molecule has 3 aliphatic carbocycles. The molecule has 32 heavy (non-hydrogen) atoms. The van der Waals surface area contributed by atoms with Crippen LogP contribution in [0.25, 0.3) is 0 Å². The van der Waals surface area contributed by atoms with Gasteiger partial charge in [0.1, 0.15) is 5.75 Å². The Balaban J connectivity index is 1.67. The molecule has 1 aromatic rings. The lowest BCUT2D eigenvalue weighted by atomic mass is 9.54. The maximum atomic E-state index is 7.09. The Morgan fingerprint density at radius 1 is 1.25 bits per heavy atom. The quantitative estimate of drug-likeness (QED) is 0.321. The zero-order valence-electron chi connectivity index (χ0n) is 21.5. The molecule has 0 spiro atoms. The van der Waals surface area contributed by atoms with Crippen LogP contribution >= 0.6 is 0 Å². The van der Waals surface area contributed by atoms with Crippen LogP contribution in [0.4, 0.5) is 0 Å². The zero-order chi connectivity index (χ0) is 23.3. The van der Waals surface area contributed by atoms with Gasteiger partial charge in [0.25, 0.3) is 0 Å². The summed E-state index contributed by atoms with van der Waals surface area (Å²) in [6, 6.07) is 6.82. The Morgan fingerprint density at radius 3 is 2.66 bits per heavy atom. The van der Waals surface area contributed by atoms with Crippen molar-refractivity contribution in [2.75, 3.05) is 7.11 Å². The van der Waals surface area contributed by atoms with Gasteiger partial charge in [0.2, 0.25) is 0 Å². The molecule has 0 aromatic heterocycles. The van der Waals surface area contributed by atoms with Gasteiger partial charge in [0.05, 0.1) is 13.2 Å². The van der Waals surface area contributed by atoms with Crippen LogP contribution in [-0.4, -0.2) is 21.5 Å². The molecule has 0 N–H and O–H groups in total. The molecule has 0 radical (unpaired) electrons. The second-order valence-corrected chi connectivity index (χ2v) is 17.0. The van der Waals surface area contributed by atoms with Gasteiger partial charge in [-0.3, -0.25) is 0 Å². The van der Waals surface area contributed by atoms with Gasteiger partial charge in [-0.1, -0.05) is 51.5 Å². The molecular formula is C29H44O2Si. The van der Waals surface area contributed by atoms with Gasteiger partial charge >= 0.3 is 0 Å². The van der Waals surface area contributed by atoms with Crippen molar-refractivity contribution in [2.24, 2.45) is 17.3 Å². The highest BCUT2D eigenvalue weighted by Gasteiger charge is 2.54. The van der Waals surface area contributed by atoms with Crippen molar-refractivity contribution >= 4 is 8.32 Å². The first-order chi connectivity index (χ1) is 15.0. The van der Waals surface area contributed by atoms with E-state index in [0.29, 0.717) is 23.9 Å². The Kier molecular flexibility index (Phi) is 6.31. The lowest BCUT2D eigenvalue weighted by Gasteiger charge is -2.52. The molecule has 1 saturated carbocycles. The van der Waals surface area contributed by atoms with Crippen LogP contribution in [0.1, 0.15) is 76.8 Å². The van der Waals surface area contributed by atoms with E-state index in [-0.39, 0.29) is 10.5 Å². The third kappa shape index (κ3) is 3.94. The predicted octanol–water partition coefficient (Wildman–Crippen LogP) is 8.05. The summed E-state index contributed by atoms with van der Waals surface area (Å²) in [7, 11) is -0.0253. The molecule has 3 aliphatic rings. The molecule has 5 atom stereocenters. The number of fused-ring (bicyclic) bond motifs is 5. The molecule has 1 aromatic carbocycles. The first kappa shape index (κ1) is 23.8. The molecule has 0 aliphatic heterocycles. The van der Waals surface area contributed by atoms with Gasteiger partial charge < -0.3 is 9.16 Å². The normalized spacial score (nSPS) is 31.9. The first-order valence-electron chi connectivity index (χ1n) is 12.7. The van der Waals surface area contributed by atoms with Gasteiger partial charge in [0.15, 0.2) is 8.32 Å². The number of benzene rings is 1. The largest absolute Gasteiger partial charge is 0.497 e. The molecule has 1 fully saturated rings. The fraction of sp³-hybridized carbons (Fsp3) is 0.655. The van der Waals surface area contributed by atoms with E-state index in [9.17, 15) is 0 Å². The Hall–Kier alpha value is -1.32. The average molecular weight is 453 g/mol. The van der Waals surface area contributed by atoms with E-state index in [4.69, 9.17) is 9.16 Å². The number of ether oxygens (including phenoxy) is 1. The Bertz CT molecular complexity index is 893. The molecule has 0 unspecified atom stereocenters. The number of rotatable bonds is 6. The van der Waals surface area contributed by atoms with Gasteiger partial charge in [-0.2, -0.15) is 0 Å². The van der Waals surface area contributed by atoms with Gasteiger partial charge in [-0.15, -0.1) is 6.58 Å². The van der Waals surface area contributed by atoms with E-state index in [0.717, 1.165) is 25.0 Å². The van der Waals surface area contributed by atoms with E-state index in [2.05, 4.69) is 77.7 Å². The van der Waals surface area contributed by atoms with Crippen molar-refractivity contribution in [3.05, 3.63) is 53.6 Å². The molecule has 0 bridgehead atoms. The SMILES string of the molecule is C=CCC[C@@H]1Cc2cc(OC)ccc2[C@H]2CC[C@@]3(C)C(=CC[C@@H]3O[Si](C)(C)C(C)(C)C)[C@H]12. The summed E-state index contributed by atoms with van der Waals surface area (Å²) >= 11 is 0.